The molecule has 0 bridgehead atoms. The topological polar surface area (TPSA) is 185 Å². The lowest BCUT2D eigenvalue weighted by molar-refractivity contribution is -0.222. The molecule has 330 valence electrons. The number of alkyl halides is 3. The van der Waals surface area contributed by atoms with E-state index in [1.54, 1.807) is 50.3 Å². The van der Waals surface area contributed by atoms with E-state index in [-0.39, 0.29) is 47.9 Å². The van der Waals surface area contributed by atoms with Crippen LogP contribution in [-0.4, -0.2) is 105 Å². The Morgan fingerprint density at radius 3 is 2.43 bits per heavy atom. The van der Waals surface area contributed by atoms with Gasteiger partial charge in [-0.05, 0) is 97.1 Å². The zero-order valence-electron chi connectivity index (χ0n) is 34.6. The number of nitrogens with zero attached hydrogens (tertiary/aromatic N) is 3. The SMILES string of the molecule is CC(C)Oc1cc2c(Cl)cccc2c(O[C@@H]2C[C@H]3C(=O)N[C@]4(C(=O)NS(=O)(=O)C5(C)CC5)C[C@H]4C=CCC[C@@H](C)C[C@@H](C)[C@H](N(C(=O)O)C(C)(C)C(F)(F)F)C(=O)N3C2)n1. The summed E-state index contributed by atoms with van der Waals surface area (Å²) in [6.45, 7) is 9.43. The Balaban J connectivity index is 1.45. The van der Waals surface area contributed by atoms with Gasteiger partial charge in [0.15, 0.2) is 0 Å². The van der Waals surface area contributed by atoms with Gasteiger partial charge >= 0.3 is 12.3 Å². The van der Waals surface area contributed by atoms with Crippen LogP contribution in [0.25, 0.3) is 10.8 Å². The lowest BCUT2D eigenvalue weighted by Crippen LogP contribution is -2.66. The minimum Gasteiger partial charge on any atom is -0.475 e. The second-order valence-electron chi connectivity index (χ2n) is 17.9. The van der Waals surface area contributed by atoms with Crippen molar-refractivity contribution in [1.29, 1.82) is 0 Å². The minimum atomic E-state index is -5.11. The van der Waals surface area contributed by atoms with Crippen LogP contribution in [0, 0.1) is 17.8 Å². The Morgan fingerprint density at radius 1 is 1.13 bits per heavy atom. The number of aromatic nitrogens is 1. The van der Waals surface area contributed by atoms with Gasteiger partial charge < -0.3 is 24.8 Å². The van der Waals surface area contributed by atoms with Gasteiger partial charge in [-0.15, -0.1) is 0 Å². The van der Waals surface area contributed by atoms with E-state index < -0.39 is 92.4 Å². The molecule has 0 radical (unpaired) electrons. The molecule has 1 saturated heterocycles. The van der Waals surface area contributed by atoms with Gasteiger partial charge in [0, 0.05) is 34.2 Å². The average Bonchev–Trinajstić information content (AvgIpc) is 4.01. The molecule has 0 unspecified atom stereocenters. The molecule has 3 N–H and O–H groups in total. The second-order valence-corrected chi connectivity index (χ2v) is 20.5. The number of rotatable bonds is 9. The lowest BCUT2D eigenvalue weighted by atomic mass is 9.85. The third-order valence-electron chi connectivity index (χ3n) is 12.4. The summed E-state index contributed by atoms with van der Waals surface area (Å²) in [5.41, 5.74) is -4.79. The number of benzene rings is 1. The molecule has 7 atom stereocenters. The first-order valence-electron chi connectivity index (χ1n) is 20.2. The van der Waals surface area contributed by atoms with Gasteiger partial charge in [-0.2, -0.15) is 18.2 Å². The Hall–Kier alpha value is -4.32. The number of pyridine rings is 1. The van der Waals surface area contributed by atoms with Crippen molar-refractivity contribution in [3.8, 4) is 11.8 Å². The highest BCUT2D eigenvalue weighted by Crippen LogP contribution is 2.48. The van der Waals surface area contributed by atoms with E-state index in [1.807, 2.05) is 6.92 Å². The van der Waals surface area contributed by atoms with E-state index in [9.17, 15) is 41.1 Å². The maximum atomic E-state index is 15.1. The Morgan fingerprint density at radius 2 is 1.82 bits per heavy atom. The summed E-state index contributed by atoms with van der Waals surface area (Å²) in [6.07, 6.45) is -3.35. The van der Waals surface area contributed by atoms with Crippen LogP contribution >= 0.6 is 11.6 Å². The van der Waals surface area contributed by atoms with Crippen LogP contribution in [0.3, 0.4) is 0 Å². The Kier molecular flexibility index (Phi) is 12.2. The average molecular weight is 884 g/mol. The normalized spacial score (nSPS) is 28.5. The molecule has 1 aromatic carbocycles. The predicted octanol–water partition coefficient (Wildman–Crippen LogP) is 6.60. The van der Waals surface area contributed by atoms with E-state index in [0.717, 1.165) is 4.90 Å². The molecule has 1 aromatic heterocycles. The number of carboxylic acid groups (broad SMARTS) is 1. The minimum absolute atomic E-state index is 0.0254. The van der Waals surface area contributed by atoms with Crippen LogP contribution in [0.4, 0.5) is 18.0 Å². The van der Waals surface area contributed by atoms with Crippen molar-refractivity contribution >= 4 is 56.2 Å². The van der Waals surface area contributed by atoms with E-state index in [0.29, 0.717) is 55.3 Å². The molecule has 6 rings (SSSR count). The van der Waals surface area contributed by atoms with Crippen LogP contribution in [0.15, 0.2) is 36.4 Å². The second kappa shape index (κ2) is 16.2. The van der Waals surface area contributed by atoms with Crippen LogP contribution in [-0.2, 0) is 24.4 Å². The van der Waals surface area contributed by atoms with Crippen molar-refractivity contribution in [3.63, 3.8) is 0 Å². The fraction of sp³-hybridized carbons (Fsp3) is 0.634. The first kappa shape index (κ1) is 45.2. The smallest absolute Gasteiger partial charge is 0.411 e. The number of fused-ring (bicyclic) bond motifs is 3. The van der Waals surface area contributed by atoms with E-state index in [1.165, 1.54) is 13.8 Å². The van der Waals surface area contributed by atoms with E-state index >= 15 is 4.79 Å². The Labute approximate surface area is 352 Å². The number of sulfonamides is 1. The Bertz CT molecular complexity index is 2180. The number of hydrogen-bond acceptors (Lipinski definition) is 9. The van der Waals surface area contributed by atoms with Crippen LogP contribution in [0.1, 0.15) is 93.4 Å². The molecule has 19 heteroatoms. The molecule has 60 heavy (non-hydrogen) atoms. The number of ether oxygens (including phenoxy) is 2. The van der Waals surface area contributed by atoms with Gasteiger partial charge in [-0.3, -0.25) is 24.0 Å². The highest BCUT2D eigenvalue weighted by Gasteiger charge is 2.64. The lowest BCUT2D eigenvalue weighted by Gasteiger charge is -2.45. The highest BCUT2D eigenvalue weighted by atomic mass is 35.5. The standard InChI is InChI=1S/C41H53ClF3N5O9S/c1-22(2)58-31-19-28-27(13-10-14-29(28)42)34(46-31)59-26-18-30-33(51)47-40(36(53)48-60(56,57)39(7)15-16-39)20-25(40)12-9-8-11-23(3)17-24(4)32(35(52)49(30)21-26)50(37(54)55)38(5,6)41(43,44)45/h9-10,12-14,19,22-26,30,32H,8,11,15-18,20-21H2,1-7H3,(H,47,51)(H,48,53)(H,54,55)/t23-,24-,25-,26-,30+,32+,40-/m1/s1. The summed E-state index contributed by atoms with van der Waals surface area (Å²) in [4.78, 5) is 62.4. The summed E-state index contributed by atoms with van der Waals surface area (Å²) in [5, 5.41) is 14.6. The van der Waals surface area contributed by atoms with Gasteiger partial charge in [0.1, 0.15) is 29.3 Å². The maximum absolute atomic E-state index is 15.1. The summed E-state index contributed by atoms with van der Waals surface area (Å²) in [5.74, 6) is -4.54. The molecule has 14 nitrogen and oxygen atoms in total. The van der Waals surface area contributed by atoms with Gasteiger partial charge in [0.2, 0.25) is 33.6 Å². The molecular formula is C41H53ClF3N5O9S. The maximum Gasteiger partial charge on any atom is 0.411 e. The summed E-state index contributed by atoms with van der Waals surface area (Å²) in [6, 6.07) is 3.21. The quantitative estimate of drug-likeness (QED) is 0.232. The zero-order valence-corrected chi connectivity index (χ0v) is 36.2. The third kappa shape index (κ3) is 8.72. The number of nitrogens with one attached hydrogen (secondary N) is 2. The van der Waals surface area contributed by atoms with E-state index in [4.69, 9.17) is 21.1 Å². The summed E-state index contributed by atoms with van der Waals surface area (Å²) >= 11 is 6.56. The molecule has 3 heterocycles. The number of carbonyl (C=O) groups excluding carboxylic acids is 3. The molecule has 2 aliphatic carbocycles. The summed E-state index contributed by atoms with van der Waals surface area (Å²) in [7, 11) is -4.14. The van der Waals surface area contributed by atoms with Crippen molar-refractivity contribution in [2.75, 3.05) is 6.54 Å². The van der Waals surface area contributed by atoms with E-state index in [2.05, 4.69) is 15.0 Å². The molecule has 4 aliphatic rings. The van der Waals surface area contributed by atoms with Crippen LogP contribution < -0.4 is 19.5 Å². The molecular weight excluding hydrogens is 831 g/mol. The van der Waals surface area contributed by atoms with Crippen molar-refractivity contribution in [2.24, 2.45) is 17.8 Å². The van der Waals surface area contributed by atoms with Gasteiger partial charge in [-0.1, -0.05) is 43.7 Å². The van der Waals surface area contributed by atoms with Crippen molar-refractivity contribution in [2.45, 2.75) is 140 Å². The fourth-order valence-corrected chi connectivity index (χ4v) is 9.86. The monoisotopic (exact) mass is 883 g/mol. The predicted molar refractivity (Wildman–Crippen MR) is 216 cm³/mol. The zero-order chi connectivity index (χ0) is 44.3. The molecule has 3 fully saturated rings. The van der Waals surface area contributed by atoms with Gasteiger partial charge in [-0.25, -0.2) is 13.2 Å². The molecule has 0 spiro atoms. The number of halogens is 4. The summed E-state index contributed by atoms with van der Waals surface area (Å²) < 4.78 is 84.0. The first-order valence-corrected chi connectivity index (χ1v) is 22.1. The number of amides is 4. The highest BCUT2D eigenvalue weighted by molar-refractivity contribution is 7.91. The number of carbonyl (C=O) groups is 4. The van der Waals surface area contributed by atoms with Crippen molar-refractivity contribution in [1.82, 2.24) is 24.8 Å². The van der Waals surface area contributed by atoms with Gasteiger partial charge in [0.05, 0.1) is 17.4 Å². The van der Waals surface area contributed by atoms with Gasteiger partial charge in [0.25, 0.3) is 5.91 Å². The van der Waals surface area contributed by atoms with Crippen LogP contribution in [0.2, 0.25) is 5.02 Å². The number of allylic oxidation sites excluding steroid dienone is 1. The number of hydrogen-bond donors (Lipinski definition) is 3. The molecule has 2 aromatic rings. The first-order chi connectivity index (χ1) is 27.8. The third-order valence-corrected chi connectivity index (χ3v) is 14.9. The fourth-order valence-electron chi connectivity index (χ4n) is 8.32. The molecule has 4 amide bonds. The van der Waals surface area contributed by atoms with Crippen molar-refractivity contribution in [3.05, 3.63) is 41.4 Å². The van der Waals surface area contributed by atoms with Crippen LogP contribution in [0.5, 0.6) is 11.8 Å². The largest absolute Gasteiger partial charge is 0.475 e. The molecule has 2 aliphatic heterocycles. The molecule has 2 saturated carbocycles. The van der Waals surface area contributed by atoms with Crippen molar-refractivity contribution < 1.29 is 55.3 Å².